The van der Waals surface area contributed by atoms with E-state index in [0.717, 1.165) is 0 Å². The summed E-state index contributed by atoms with van der Waals surface area (Å²) in [7, 11) is -5.48. The maximum absolute atomic E-state index is 11.4. The Labute approximate surface area is 82.6 Å². The summed E-state index contributed by atoms with van der Waals surface area (Å²) in [5.41, 5.74) is 0. The van der Waals surface area contributed by atoms with Gasteiger partial charge in [-0.2, -0.15) is 0 Å². The minimum atomic E-state index is -5.73. The minimum Gasteiger partial charge on any atom is -0.286 e. The molecule has 3 nitrogen and oxygen atoms in total. The second kappa shape index (κ2) is 4.76. The van der Waals surface area contributed by atoms with Gasteiger partial charge in [0.25, 0.3) is 0 Å². The second-order valence-electron chi connectivity index (χ2n) is 1.98. The average Bonchev–Trinajstić information content (AvgIpc) is 1.70. The van der Waals surface area contributed by atoms with Crippen LogP contribution in [-0.2, 0) is 13.3 Å². The van der Waals surface area contributed by atoms with Gasteiger partial charge in [0, 0.05) is 0 Å². The van der Waals surface area contributed by atoms with Crippen LogP contribution < -0.4 is 0 Å². The molecule has 98 valence electrons. The molecular formula is C3HF9O3Si. The molecule has 0 unspecified atom stereocenters. The molecule has 0 N–H and O–H groups in total. The molecule has 13 heteroatoms. The number of hydrogen-bond donors (Lipinski definition) is 0. The number of alkyl halides is 9. The topological polar surface area (TPSA) is 27.7 Å². The summed E-state index contributed by atoms with van der Waals surface area (Å²) in [6.45, 7) is 0. The fourth-order valence-corrected chi connectivity index (χ4v) is 1.20. The van der Waals surface area contributed by atoms with E-state index in [2.05, 4.69) is 13.3 Å². The highest BCUT2D eigenvalue weighted by atomic mass is 28.3. The third-order valence-electron chi connectivity index (χ3n) is 0.690. The van der Waals surface area contributed by atoms with Crippen molar-refractivity contribution in [3.8, 4) is 0 Å². The Morgan fingerprint density at radius 2 is 0.688 bits per heavy atom. The van der Waals surface area contributed by atoms with Crippen molar-refractivity contribution in [3.05, 3.63) is 0 Å². The summed E-state index contributed by atoms with van der Waals surface area (Å²) in [6.07, 6.45) is -17.2. The predicted octanol–water partition coefficient (Wildman–Crippen LogP) is 2.31. The summed E-state index contributed by atoms with van der Waals surface area (Å²) >= 11 is 0. The first-order chi connectivity index (χ1) is 6.79. The van der Waals surface area contributed by atoms with Gasteiger partial charge in [-0.1, -0.05) is 0 Å². The largest absolute Gasteiger partial charge is 0.515 e. The Bertz CT molecular complexity index is 179. The van der Waals surface area contributed by atoms with Crippen LogP contribution in [-0.4, -0.2) is 28.6 Å². The van der Waals surface area contributed by atoms with E-state index in [1.54, 1.807) is 0 Å². The third kappa shape index (κ3) is 10.0. The van der Waals surface area contributed by atoms with E-state index < -0.39 is 28.6 Å². The Morgan fingerprint density at radius 1 is 0.500 bits per heavy atom. The lowest BCUT2D eigenvalue weighted by Crippen LogP contribution is -2.41. The van der Waals surface area contributed by atoms with Crippen LogP contribution in [0.5, 0.6) is 0 Å². The Balaban J connectivity index is 4.53. The summed E-state index contributed by atoms with van der Waals surface area (Å²) in [5, 5.41) is 0. The van der Waals surface area contributed by atoms with E-state index in [-0.39, 0.29) is 0 Å². The van der Waals surface area contributed by atoms with Crippen molar-refractivity contribution in [2.45, 2.75) is 19.1 Å². The minimum absolute atomic E-state index is 2.44. The molecule has 0 spiro atoms. The third-order valence-corrected chi connectivity index (χ3v) is 2.07. The fraction of sp³-hybridized carbons (Fsp3) is 1.00. The van der Waals surface area contributed by atoms with Crippen molar-refractivity contribution < 1.29 is 52.8 Å². The Kier molecular flexibility index (Phi) is 4.61. The van der Waals surface area contributed by atoms with Gasteiger partial charge in [0.05, 0.1) is 0 Å². The first kappa shape index (κ1) is 15.5. The molecule has 0 aromatic rings. The van der Waals surface area contributed by atoms with Crippen molar-refractivity contribution in [2.75, 3.05) is 0 Å². The van der Waals surface area contributed by atoms with Gasteiger partial charge < -0.3 is 0 Å². The molecule has 0 atom stereocenters. The molecule has 0 bridgehead atoms. The van der Waals surface area contributed by atoms with Crippen LogP contribution in [0.3, 0.4) is 0 Å². The molecule has 16 heavy (non-hydrogen) atoms. The zero-order valence-electron chi connectivity index (χ0n) is 6.70. The fourth-order valence-electron chi connectivity index (χ4n) is 0.399. The van der Waals surface area contributed by atoms with Crippen molar-refractivity contribution in [2.24, 2.45) is 0 Å². The van der Waals surface area contributed by atoms with Crippen molar-refractivity contribution in [1.29, 1.82) is 0 Å². The second-order valence-corrected chi connectivity index (χ2v) is 3.26. The molecule has 0 aliphatic heterocycles. The van der Waals surface area contributed by atoms with Crippen LogP contribution >= 0.6 is 0 Å². The van der Waals surface area contributed by atoms with Crippen LogP contribution in [0, 0.1) is 0 Å². The SMILES string of the molecule is FC(F)(F)O[SiH](OC(F)(F)F)OC(F)(F)F. The highest BCUT2D eigenvalue weighted by Crippen LogP contribution is 2.27. The van der Waals surface area contributed by atoms with Gasteiger partial charge in [-0.3, -0.25) is 13.3 Å². The van der Waals surface area contributed by atoms with Gasteiger partial charge >= 0.3 is 28.6 Å². The van der Waals surface area contributed by atoms with Crippen LogP contribution in [0.2, 0.25) is 0 Å². The van der Waals surface area contributed by atoms with E-state index in [4.69, 9.17) is 0 Å². The quantitative estimate of drug-likeness (QED) is 0.588. The van der Waals surface area contributed by atoms with E-state index in [0.29, 0.717) is 0 Å². The molecule has 0 aliphatic carbocycles. The Morgan fingerprint density at radius 3 is 0.812 bits per heavy atom. The summed E-state index contributed by atoms with van der Waals surface area (Å²) in [5.74, 6) is 0. The number of rotatable bonds is 3. The average molecular weight is 284 g/mol. The summed E-state index contributed by atoms with van der Waals surface area (Å²) in [6, 6.07) is 0. The highest BCUT2D eigenvalue weighted by Gasteiger charge is 2.48. The molecule has 0 rings (SSSR count). The van der Waals surface area contributed by atoms with Gasteiger partial charge in [-0.05, 0) is 0 Å². The summed E-state index contributed by atoms with van der Waals surface area (Å²) < 4.78 is 110. The van der Waals surface area contributed by atoms with Gasteiger partial charge in [-0.25, -0.2) is 0 Å². The molecule has 0 fully saturated rings. The smallest absolute Gasteiger partial charge is 0.286 e. The molecule has 0 aromatic carbocycles. The summed E-state index contributed by atoms with van der Waals surface area (Å²) in [4.78, 5) is 0. The van der Waals surface area contributed by atoms with Gasteiger partial charge in [-0.15, -0.1) is 39.5 Å². The maximum atomic E-state index is 11.4. The first-order valence-corrected chi connectivity index (χ1v) is 4.43. The van der Waals surface area contributed by atoms with Gasteiger partial charge in [0.2, 0.25) is 0 Å². The van der Waals surface area contributed by atoms with Crippen LogP contribution in [0.25, 0.3) is 0 Å². The first-order valence-electron chi connectivity index (χ1n) is 3.02. The predicted molar refractivity (Wildman–Crippen MR) is 28.6 cm³/mol. The molecule has 0 aromatic heterocycles. The van der Waals surface area contributed by atoms with Gasteiger partial charge in [0.15, 0.2) is 0 Å². The Hall–Kier alpha value is -0.533. The molecule has 0 saturated heterocycles. The molecule has 0 saturated carbocycles. The van der Waals surface area contributed by atoms with Crippen molar-refractivity contribution >= 4 is 9.53 Å². The zero-order valence-corrected chi connectivity index (χ0v) is 7.86. The van der Waals surface area contributed by atoms with Crippen molar-refractivity contribution in [3.63, 3.8) is 0 Å². The van der Waals surface area contributed by atoms with E-state index >= 15 is 0 Å². The normalized spacial score (nSPS) is 14.6. The number of hydrogen-bond acceptors (Lipinski definition) is 3. The lowest BCUT2D eigenvalue weighted by molar-refractivity contribution is -0.356. The molecular weight excluding hydrogens is 283 g/mol. The zero-order chi connectivity index (χ0) is 13.2. The molecule has 0 aliphatic rings. The van der Waals surface area contributed by atoms with Crippen LogP contribution in [0.4, 0.5) is 39.5 Å². The highest BCUT2D eigenvalue weighted by molar-refractivity contribution is 6.36. The van der Waals surface area contributed by atoms with E-state index in [1.807, 2.05) is 0 Å². The lowest BCUT2D eigenvalue weighted by atomic mass is 11.4. The van der Waals surface area contributed by atoms with Crippen LogP contribution in [0.1, 0.15) is 0 Å². The molecule has 0 amide bonds. The number of halogens is 9. The van der Waals surface area contributed by atoms with E-state index in [1.165, 1.54) is 0 Å². The standard InChI is InChI=1S/C3HF9O3Si/c4-1(5,6)13-16(14-2(7,8)9)15-3(10,11)12/h16H. The van der Waals surface area contributed by atoms with Crippen LogP contribution in [0.15, 0.2) is 0 Å². The maximum Gasteiger partial charge on any atom is 0.515 e. The van der Waals surface area contributed by atoms with Gasteiger partial charge in [0.1, 0.15) is 0 Å². The molecule has 0 radical (unpaired) electrons. The van der Waals surface area contributed by atoms with Crippen molar-refractivity contribution in [1.82, 2.24) is 0 Å². The molecule has 0 heterocycles. The van der Waals surface area contributed by atoms with E-state index in [9.17, 15) is 39.5 Å². The monoisotopic (exact) mass is 284 g/mol. The lowest BCUT2D eigenvalue weighted by Gasteiger charge is -2.19.